The van der Waals surface area contributed by atoms with Crippen LogP contribution in [-0.4, -0.2) is 26.6 Å². The first kappa shape index (κ1) is 6.67. The second-order valence-electron chi connectivity index (χ2n) is 3.07. The number of H-pyrrole nitrogens is 1. The monoisotopic (exact) mass is 177 g/mol. The van der Waals surface area contributed by atoms with E-state index in [0.29, 0.717) is 11.5 Å². The second-order valence-corrected chi connectivity index (χ2v) is 3.07. The molecular weight excluding hydrogens is 170 g/mol. The maximum Gasteiger partial charge on any atom is 0.281 e. The molecule has 1 amide bonds. The van der Waals surface area contributed by atoms with Gasteiger partial charge in [-0.3, -0.25) is 15.4 Å². The minimum atomic E-state index is -0.876. The highest BCUT2D eigenvalue weighted by molar-refractivity contribution is 6.01. The molecular formula is C7H7N5O. The highest BCUT2D eigenvalue weighted by Gasteiger charge is 2.45. The third kappa shape index (κ3) is 0.619. The van der Waals surface area contributed by atoms with Crippen molar-refractivity contribution in [1.82, 2.24) is 14.9 Å². The van der Waals surface area contributed by atoms with E-state index >= 15 is 0 Å². The molecule has 13 heavy (non-hydrogen) atoms. The van der Waals surface area contributed by atoms with Gasteiger partial charge in [0.15, 0.2) is 11.6 Å². The highest BCUT2D eigenvalue weighted by Crippen LogP contribution is 2.31. The van der Waals surface area contributed by atoms with E-state index in [-0.39, 0.29) is 5.91 Å². The van der Waals surface area contributed by atoms with Crippen LogP contribution in [0.1, 0.15) is 10.5 Å². The van der Waals surface area contributed by atoms with E-state index in [2.05, 4.69) is 15.3 Å². The molecule has 66 valence electrons. The summed E-state index contributed by atoms with van der Waals surface area (Å²) in [4.78, 5) is 19.8. The Bertz CT molecular complexity index is 422. The van der Waals surface area contributed by atoms with Crippen LogP contribution in [0.3, 0.4) is 0 Å². The Morgan fingerprint density at radius 2 is 2.46 bits per heavy atom. The minimum absolute atomic E-state index is 0.156. The summed E-state index contributed by atoms with van der Waals surface area (Å²) in [5, 5.41) is 2.94. The topological polar surface area (TPSA) is 87.0 Å². The van der Waals surface area contributed by atoms with E-state index in [4.69, 9.17) is 5.73 Å². The van der Waals surface area contributed by atoms with E-state index in [0.717, 1.165) is 0 Å². The third-order valence-corrected chi connectivity index (χ3v) is 2.27. The Labute approximate surface area is 73.4 Å². The van der Waals surface area contributed by atoms with Gasteiger partial charge in [-0.2, -0.15) is 0 Å². The maximum absolute atomic E-state index is 11.6. The molecule has 6 nitrogen and oxygen atoms in total. The number of rotatable bonds is 0. The molecule has 0 saturated heterocycles. The number of imidazole rings is 1. The molecule has 0 spiro atoms. The normalized spacial score (nSPS) is 29.0. The number of carbonyl (C=O) groups is 1. The lowest BCUT2D eigenvalue weighted by Gasteiger charge is -2.46. The second kappa shape index (κ2) is 1.74. The summed E-state index contributed by atoms with van der Waals surface area (Å²) in [6.07, 6.45) is 4.81. The van der Waals surface area contributed by atoms with Gasteiger partial charge in [0.2, 0.25) is 0 Å². The summed E-state index contributed by atoms with van der Waals surface area (Å²) >= 11 is 0. The minimum Gasteiger partial charge on any atom is -0.339 e. The van der Waals surface area contributed by atoms with Crippen molar-refractivity contribution in [2.24, 2.45) is 5.73 Å². The Hall–Kier alpha value is -1.82. The summed E-state index contributed by atoms with van der Waals surface area (Å²) in [5.74, 6) is -0.524. The number of anilines is 1. The van der Waals surface area contributed by atoms with Crippen molar-refractivity contribution in [3.05, 3.63) is 24.3 Å². The molecule has 0 aliphatic carbocycles. The molecule has 6 heteroatoms. The predicted molar refractivity (Wildman–Crippen MR) is 44.4 cm³/mol. The van der Waals surface area contributed by atoms with Crippen molar-refractivity contribution in [3.8, 4) is 0 Å². The van der Waals surface area contributed by atoms with Gasteiger partial charge in [0.1, 0.15) is 5.69 Å². The molecule has 1 aromatic rings. The maximum atomic E-state index is 11.6. The Morgan fingerprint density at radius 1 is 1.62 bits per heavy atom. The van der Waals surface area contributed by atoms with Crippen LogP contribution >= 0.6 is 0 Å². The lowest BCUT2D eigenvalue weighted by Crippen LogP contribution is -2.67. The number of amides is 1. The molecule has 0 saturated carbocycles. The Morgan fingerprint density at radius 3 is 3.15 bits per heavy atom. The van der Waals surface area contributed by atoms with Crippen LogP contribution in [0.15, 0.2) is 18.6 Å². The zero-order valence-corrected chi connectivity index (χ0v) is 6.61. The SMILES string of the molecule is NC12C=CN1C(=O)c1[nH]cnc1N2. The lowest BCUT2D eigenvalue weighted by atomic mass is 10.1. The van der Waals surface area contributed by atoms with Gasteiger partial charge in [-0.1, -0.05) is 0 Å². The summed E-state index contributed by atoms with van der Waals surface area (Å²) < 4.78 is 0. The average molecular weight is 177 g/mol. The van der Waals surface area contributed by atoms with E-state index in [9.17, 15) is 4.79 Å². The first-order valence-electron chi connectivity index (χ1n) is 3.84. The number of nitrogens with zero attached hydrogens (tertiary/aromatic N) is 2. The number of aromatic nitrogens is 2. The summed E-state index contributed by atoms with van der Waals surface area (Å²) in [5.41, 5.74) is 6.28. The Balaban J connectivity index is 2.18. The molecule has 1 unspecified atom stereocenters. The standard InChI is InChI=1S/C7H7N5O/c8-7-1-2-12(7)6(13)4-5(11-7)10-3-9-4/h1-3,11H,8H2,(H,9,10). The average Bonchev–Trinajstić information content (AvgIpc) is 2.49. The molecule has 1 aromatic heterocycles. The number of fused-ring (bicyclic) bond motifs is 2. The number of carbonyl (C=O) groups excluding carboxylic acids is 1. The van der Waals surface area contributed by atoms with Crippen LogP contribution in [0, 0.1) is 0 Å². The molecule has 4 N–H and O–H groups in total. The van der Waals surface area contributed by atoms with E-state index < -0.39 is 5.79 Å². The van der Waals surface area contributed by atoms with Gasteiger partial charge >= 0.3 is 0 Å². The molecule has 3 rings (SSSR count). The smallest absolute Gasteiger partial charge is 0.281 e. The van der Waals surface area contributed by atoms with Crippen molar-refractivity contribution in [1.29, 1.82) is 0 Å². The zero-order valence-electron chi connectivity index (χ0n) is 6.61. The van der Waals surface area contributed by atoms with Gasteiger partial charge in [0, 0.05) is 6.20 Å². The molecule has 2 aliphatic heterocycles. The highest BCUT2D eigenvalue weighted by atomic mass is 16.2. The first-order chi connectivity index (χ1) is 6.21. The van der Waals surface area contributed by atoms with Gasteiger partial charge in [-0.25, -0.2) is 4.98 Å². The number of aromatic amines is 1. The number of nitrogens with one attached hydrogen (secondary N) is 2. The fourth-order valence-electron chi connectivity index (χ4n) is 1.51. The summed E-state index contributed by atoms with van der Waals surface area (Å²) in [6.45, 7) is 0. The van der Waals surface area contributed by atoms with Crippen LogP contribution in [0.25, 0.3) is 0 Å². The molecule has 3 heterocycles. The Kier molecular flexibility index (Phi) is 0.895. The fourth-order valence-corrected chi connectivity index (χ4v) is 1.51. The molecule has 0 radical (unpaired) electrons. The van der Waals surface area contributed by atoms with Crippen LogP contribution in [0.2, 0.25) is 0 Å². The van der Waals surface area contributed by atoms with Crippen molar-refractivity contribution in [2.75, 3.05) is 5.32 Å². The van der Waals surface area contributed by atoms with Gasteiger partial charge in [-0.05, 0) is 6.08 Å². The van der Waals surface area contributed by atoms with E-state index in [1.165, 1.54) is 11.2 Å². The van der Waals surface area contributed by atoms with Gasteiger partial charge in [0.05, 0.1) is 6.33 Å². The van der Waals surface area contributed by atoms with E-state index in [1.807, 2.05) is 0 Å². The molecule has 0 fully saturated rings. The largest absolute Gasteiger partial charge is 0.339 e. The van der Waals surface area contributed by atoms with Crippen LogP contribution in [0.5, 0.6) is 0 Å². The quantitative estimate of drug-likeness (QED) is 0.494. The van der Waals surface area contributed by atoms with Gasteiger partial charge in [-0.15, -0.1) is 0 Å². The predicted octanol–water partition coefficient (Wildman–Crippen LogP) is -0.583. The van der Waals surface area contributed by atoms with Crippen molar-refractivity contribution in [2.45, 2.75) is 5.79 Å². The fraction of sp³-hybridized carbons (Fsp3) is 0.143. The molecule has 0 bridgehead atoms. The van der Waals surface area contributed by atoms with Crippen LogP contribution < -0.4 is 11.1 Å². The lowest BCUT2D eigenvalue weighted by molar-refractivity contribution is 0.0652. The number of hydrogen-bond donors (Lipinski definition) is 3. The van der Waals surface area contributed by atoms with Gasteiger partial charge in [0.25, 0.3) is 5.91 Å². The third-order valence-electron chi connectivity index (χ3n) is 2.27. The first-order valence-corrected chi connectivity index (χ1v) is 3.84. The van der Waals surface area contributed by atoms with Crippen LogP contribution in [0.4, 0.5) is 5.82 Å². The summed E-state index contributed by atoms with van der Waals surface area (Å²) in [7, 11) is 0. The number of nitrogens with two attached hydrogens (primary N) is 1. The molecule has 2 aliphatic rings. The number of hydrogen-bond acceptors (Lipinski definition) is 4. The summed E-state index contributed by atoms with van der Waals surface area (Å²) in [6, 6.07) is 0. The van der Waals surface area contributed by atoms with E-state index in [1.54, 1.807) is 12.3 Å². The van der Waals surface area contributed by atoms with Crippen molar-refractivity contribution in [3.63, 3.8) is 0 Å². The van der Waals surface area contributed by atoms with Gasteiger partial charge < -0.3 is 10.3 Å². The van der Waals surface area contributed by atoms with Crippen LogP contribution in [-0.2, 0) is 0 Å². The molecule has 1 atom stereocenters. The zero-order chi connectivity index (χ0) is 9.05. The van der Waals surface area contributed by atoms with Crippen molar-refractivity contribution >= 4 is 11.7 Å². The van der Waals surface area contributed by atoms with Crippen molar-refractivity contribution < 1.29 is 4.79 Å². The molecule has 0 aromatic carbocycles.